The van der Waals surface area contributed by atoms with Crippen molar-refractivity contribution < 1.29 is 9.53 Å². The Morgan fingerprint density at radius 2 is 2.56 bits per heavy atom. The first kappa shape index (κ1) is 6.81. The summed E-state index contributed by atoms with van der Waals surface area (Å²) in [6.45, 7) is 1.93. The number of halogens is 1. The molecule has 0 radical (unpaired) electrons. The average Bonchev–Trinajstić information content (AvgIpc) is 2.10. The Hall–Kier alpha value is -0.310. The average molecular weight is 191 g/mol. The molecule has 0 aromatic heterocycles. The van der Waals surface area contributed by atoms with Crippen LogP contribution in [-0.4, -0.2) is 11.0 Å². The highest BCUT2D eigenvalue weighted by Crippen LogP contribution is 2.19. The largest absolute Gasteiger partial charge is 0.443 e. The van der Waals surface area contributed by atoms with E-state index in [4.69, 9.17) is 4.74 Å². The molecule has 1 unspecified atom stereocenters. The maximum atomic E-state index is 10.7. The highest BCUT2D eigenvalue weighted by Gasteiger charge is 2.20. The predicted molar refractivity (Wildman–Crippen MR) is 37.2 cm³/mol. The van der Waals surface area contributed by atoms with Crippen LogP contribution in [0.1, 0.15) is 13.3 Å². The summed E-state index contributed by atoms with van der Waals surface area (Å²) in [4.78, 5) is 10.7. The first-order valence-electron chi connectivity index (χ1n) is 2.79. The highest BCUT2D eigenvalue weighted by atomic mass is 79.9. The Labute approximate surface area is 62.0 Å². The normalized spacial score (nSPS) is 25.8. The van der Waals surface area contributed by atoms with Crippen molar-refractivity contribution in [2.24, 2.45) is 0 Å². The van der Waals surface area contributed by atoms with Crippen molar-refractivity contribution in [1.82, 2.24) is 0 Å². The van der Waals surface area contributed by atoms with Crippen LogP contribution in [0.2, 0.25) is 0 Å². The lowest BCUT2D eigenvalue weighted by Gasteiger charge is -1.94. The summed E-state index contributed by atoms with van der Waals surface area (Å²) in [5.41, 5.74) is 0.761. The fraction of sp³-hybridized carbons (Fsp3) is 0.500. The van der Waals surface area contributed by atoms with E-state index in [9.17, 15) is 4.79 Å². The second-order valence-electron chi connectivity index (χ2n) is 1.80. The van der Waals surface area contributed by atoms with E-state index in [-0.39, 0.29) is 11.0 Å². The molecule has 1 aliphatic heterocycles. The highest BCUT2D eigenvalue weighted by molar-refractivity contribution is 9.09. The van der Waals surface area contributed by atoms with Gasteiger partial charge in [0.2, 0.25) is 0 Å². The zero-order valence-electron chi connectivity index (χ0n) is 5.06. The lowest BCUT2D eigenvalue weighted by atomic mass is 10.2. The van der Waals surface area contributed by atoms with Gasteiger partial charge in [0.1, 0.15) is 0 Å². The van der Waals surface area contributed by atoms with E-state index in [1.54, 1.807) is 6.08 Å². The smallest absolute Gasteiger partial charge is 0.335 e. The van der Waals surface area contributed by atoms with Crippen LogP contribution in [0.15, 0.2) is 11.6 Å². The molecule has 0 spiro atoms. The second kappa shape index (κ2) is 2.52. The van der Waals surface area contributed by atoms with Gasteiger partial charge in [-0.25, -0.2) is 4.79 Å². The first-order valence-corrected chi connectivity index (χ1v) is 3.71. The number of esters is 1. The van der Waals surface area contributed by atoms with Crippen LogP contribution in [0.3, 0.4) is 0 Å². The van der Waals surface area contributed by atoms with Gasteiger partial charge in [0.25, 0.3) is 0 Å². The molecule has 1 atom stereocenters. The Bertz CT molecular complexity index is 162. The molecular formula is C6H7BrO2. The molecule has 0 saturated heterocycles. The van der Waals surface area contributed by atoms with Crippen LogP contribution in [-0.2, 0) is 9.53 Å². The standard InChI is InChI=1S/C6H7BrO2/c1-2-4-3-5(7)9-6(4)8/h3,5H,2H2,1H3. The van der Waals surface area contributed by atoms with Gasteiger partial charge in [0, 0.05) is 5.57 Å². The minimum absolute atomic E-state index is 0.194. The van der Waals surface area contributed by atoms with Gasteiger partial charge in [-0.05, 0) is 28.4 Å². The van der Waals surface area contributed by atoms with E-state index in [0.717, 1.165) is 12.0 Å². The molecule has 0 aromatic carbocycles. The maximum absolute atomic E-state index is 10.7. The van der Waals surface area contributed by atoms with Crippen molar-refractivity contribution in [3.8, 4) is 0 Å². The molecule has 0 bridgehead atoms. The van der Waals surface area contributed by atoms with Crippen molar-refractivity contribution in [3.63, 3.8) is 0 Å². The number of carbonyl (C=O) groups excluding carboxylic acids is 1. The van der Waals surface area contributed by atoms with Gasteiger partial charge in [0.05, 0.1) is 0 Å². The Kier molecular flexibility index (Phi) is 1.90. The summed E-state index contributed by atoms with van der Waals surface area (Å²) in [6.07, 6.45) is 2.53. The van der Waals surface area contributed by atoms with Crippen LogP contribution < -0.4 is 0 Å². The summed E-state index contributed by atoms with van der Waals surface area (Å²) < 4.78 is 4.75. The quantitative estimate of drug-likeness (QED) is 0.464. The SMILES string of the molecule is CCC1=CC(Br)OC1=O. The van der Waals surface area contributed by atoms with E-state index in [1.807, 2.05) is 6.92 Å². The molecule has 0 aliphatic carbocycles. The molecule has 3 heteroatoms. The summed E-state index contributed by atoms with van der Waals surface area (Å²) in [6, 6.07) is 0. The lowest BCUT2D eigenvalue weighted by molar-refractivity contribution is -0.136. The zero-order chi connectivity index (χ0) is 6.85. The van der Waals surface area contributed by atoms with Crippen molar-refractivity contribution in [3.05, 3.63) is 11.6 Å². The van der Waals surface area contributed by atoms with E-state index in [2.05, 4.69) is 15.9 Å². The lowest BCUT2D eigenvalue weighted by Crippen LogP contribution is -2.00. The topological polar surface area (TPSA) is 26.3 Å². The van der Waals surface area contributed by atoms with Gasteiger partial charge >= 0.3 is 5.97 Å². The summed E-state index contributed by atoms with van der Waals surface area (Å²) in [7, 11) is 0. The third-order valence-electron chi connectivity index (χ3n) is 1.19. The first-order chi connectivity index (χ1) is 4.24. The Morgan fingerprint density at radius 3 is 2.78 bits per heavy atom. The number of cyclic esters (lactones) is 1. The van der Waals surface area contributed by atoms with Crippen molar-refractivity contribution in [2.45, 2.75) is 18.4 Å². The van der Waals surface area contributed by atoms with Gasteiger partial charge in [-0.15, -0.1) is 0 Å². The van der Waals surface area contributed by atoms with Gasteiger partial charge in [-0.2, -0.15) is 0 Å². The van der Waals surface area contributed by atoms with Crippen LogP contribution in [0, 0.1) is 0 Å². The number of hydrogen-bond acceptors (Lipinski definition) is 2. The minimum atomic E-state index is -0.195. The number of alkyl halides is 1. The molecule has 0 aromatic rings. The van der Waals surface area contributed by atoms with Gasteiger partial charge in [0.15, 0.2) is 5.01 Å². The molecule has 0 fully saturated rings. The molecule has 50 valence electrons. The second-order valence-corrected chi connectivity index (χ2v) is 2.70. The predicted octanol–water partition coefficient (Wildman–Crippen LogP) is 1.60. The van der Waals surface area contributed by atoms with E-state index >= 15 is 0 Å². The third kappa shape index (κ3) is 1.33. The number of rotatable bonds is 1. The number of carbonyl (C=O) groups is 1. The number of ether oxygens (including phenoxy) is 1. The molecular weight excluding hydrogens is 184 g/mol. The van der Waals surface area contributed by atoms with Crippen molar-refractivity contribution in [2.75, 3.05) is 0 Å². The van der Waals surface area contributed by atoms with E-state index < -0.39 is 0 Å². The molecule has 1 rings (SSSR count). The molecule has 0 saturated carbocycles. The molecule has 2 nitrogen and oxygen atoms in total. The Morgan fingerprint density at radius 1 is 1.89 bits per heavy atom. The fourth-order valence-corrected chi connectivity index (χ4v) is 1.19. The third-order valence-corrected chi connectivity index (χ3v) is 1.65. The minimum Gasteiger partial charge on any atom is -0.443 e. The molecule has 1 heterocycles. The molecule has 9 heavy (non-hydrogen) atoms. The Balaban J connectivity index is 2.68. The van der Waals surface area contributed by atoms with Gasteiger partial charge in [-0.3, -0.25) is 0 Å². The summed E-state index contributed by atoms with van der Waals surface area (Å²) in [5.74, 6) is -0.195. The maximum Gasteiger partial charge on any atom is 0.335 e. The zero-order valence-corrected chi connectivity index (χ0v) is 6.64. The van der Waals surface area contributed by atoms with Gasteiger partial charge in [-0.1, -0.05) is 6.92 Å². The van der Waals surface area contributed by atoms with Gasteiger partial charge < -0.3 is 4.74 Å². The summed E-state index contributed by atoms with van der Waals surface area (Å²) >= 11 is 3.14. The number of hydrogen-bond donors (Lipinski definition) is 0. The van der Waals surface area contributed by atoms with Crippen LogP contribution in [0.25, 0.3) is 0 Å². The van der Waals surface area contributed by atoms with Crippen molar-refractivity contribution >= 4 is 21.9 Å². The van der Waals surface area contributed by atoms with E-state index in [1.165, 1.54) is 0 Å². The van der Waals surface area contributed by atoms with E-state index in [0.29, 0.717) is 0 Å². The van der Waals surface area contributed by atoms with Crippen LogP contribution in [0.4, 0.5) is 0 Å². The van der Waals surface area contributed by atoms with Crippen molar-refractivity contribution in [1.29, 1.82) is 0 Å². The molecule has 0 N–H and O–H groups in total. The molecule has 1 aliphatic rings. The summed E-state index contributed by atoms with van der Waals surface area (Å²) in [5, 5.41) is -0.194. The fourth-order valence-electron chi connectivity index (χ4n) is 0.700. The molecule has 0 amide bonds. The van der Waals surface area contributed by atoms with Crippen LogP contribution in [0.5, 0.6) is 0 Å². The van der Waals surface area contributed by atoms with Crippen LogP contribution >= 0.6 is 15.9 Å². The monoisotopic (exact) mass is 190 g/mol.